The number of benzene rings is 1. The molecule has 2 heterocycles. The average Bonchev–Trinajstić information content (AvgIpc) is 3.39. The third-order valence-corrected chi connectivity index (χ3v) is 7.46. The molecule has 0 unspecified atom stereocenters. The largest absolute Gasteiger partial charge is 0.481 e. The lowest BCUT2D eigenvalue weighted by Gasteiger charge is -2.48. The molecule has 2 aliphatic heterocycles. The minimum Gasteiger partial charge on any atom is -0.481 e. The van der Waals surface area contributed by atoms with Crippen molar-refractivity contribution in [1.82, 2.24) is 9.80 Å². The molecule has 0 N–H and O–H groups in total. The van der Waals surface area contributed by atoms with E-state index in [1.54, 1.807) is 18.2 Å². The lowest BCUT2D eigenvalue weighted by molar-refractivity contribution is -0.139. The van der Waals surface area contributed by atoms with Crippen LogP contribution in [0.2, 0.25) is 10.0 Å². The van der Waals surface area contributed by atoms with Gasteiger partial charge in [0.05, 0.1) is 15.6 Å². The molecule has 1 aromatic rings. The van der Waals surface area contributed by atoms with Gasteiger partial charge in [0.25, 0.3) is 5.91 Å². The Labute approximate surface area is 183 Å². The van der Waals surface area contributed by atoms with Gasteiger partial charge in [-0.3, -0.25) is 9.69 Å². The number of hydrogen-bond donors (Lipinski definition) is 0. The average molecular weight is 441 g/mol. The first kappa shape index (κ1) is 21.2. The molecular formula is C22H30Cl2N2O3. The molecule has 1 amide bonds. The maximum Gasteiger partial charge on any atom is 0.260 e. The number of carbonyl (C=O) groups excluding carboxylic acids is 1. The number of likely N-dealkylation sites (tertiary alicyclic amines) is 1. The van der Waals surface area contributed by atoms with Crippen LogP contribution in [0.15, 0.2) is 18.2 Å². The summed E-state index contributed by atoms with van der Waals surface area (Å²) in [4.78, 5) is 17.4. The summed E-state index contributed by atoms with van der Waals surface area (Å²) in [7, 11) is 1.90. The lowest BCUT2D eigenvalue weighted by atomic mass is 9.76. The second-order valence-corrected chi connectivity index (χ2v) is 9.41. The first-order valence-corrected chi connectivity index (χ1v) is 11.5. The van der Waals surface area contributed by atoms with Crippen LogP contribution < -0.4 is 4.74 Å². The van der Waals surface area contributed by atoms with Crippen molar-refractivity contribution >= 4 is 29.1 Å². The van der Waals surface area contributed by atoms with Gasteiger partial charge in [0.15, 0.2) is 12.4 Å². The van der Waals surface area contributed by atoms with Gasteiger partial charge in [0.1, 0.15) is 0 Å². The highest BCUT2D eigenvalue weighted by molar-refractivity contribution is 6.37. The number of rotatable bonds is 5. The van der Waals surface area contributed by atoms with E-state index in [-0.39, 0.29) is 24.2 Å². The van der Waals surface area contributed by atoms with E-state index in [1.165, 1.54) is 12.8 Å². The summed E-state index contributed by atoms with van der Waals surface area (Å²) in [5, 5.41) is 0.835. The molecule has 0 bridgehead atoms. The fraction of sp³-hybridized carbons (Fsp3) is 0.682. The predicted molar refractivity (Wildman–Crippen MR) is 115 cm³/mol. The van der Waals surface area contributed by atoms with Crippen molar-refractivity contribution in [2.45, 2.75) is 62.6 Å². The first-order chi connectivity index (χ1) is 14.0. The molecule has 29 heavy (non-hydrogen) atoms. The summed E-state index contributed by atoms with van der Waals surface area (Å²) in [6, 6.07) is 5.71. The maximum absolute atomic E-state index is 13.0. The van der Waals surface area contributed by atoms with Crippen LogP contribution in [0.5, 0.6) is 5.75 Å². The zero-order valence-corrected chi connectivity index (χ0v) is 18.6. The molecule has 0 radical (unpaired) electrons. The maximum atomic E-state index is 13.0. The van der Waals surface area contributed by atoms with E-state index in [2.05, 4.69) is 4.90 Å². The number of ether oxygens (including phenoxy) is 2. The van der Waals surface area contributed by atoms with E-state index in [0.29, 0.717) is 21.8 Å². The van der Waals surface area contributed by atoms with Crippen molar-refractivity contribution in [2.24, 2.45) is 0 Å². The van der Waals surface area contributed by atoms with Gasteiger partial charge in [-0.15, -0.1) is 0 Å². The molecule has 160 valence electrons. The minimum absolute atomic E-state index is 0.0230. The zero-order chi connectivity index (χ0) is 20.4. The minimum atomic E-state index is -0.0647. The van der Waals surface area contributed by atoms with E-state index < -0.39 is 0 Å². The third kappa shape index (κ3) is 4.53. The Balaban J connectivity index is 1.44. The van der Waals surface area contributed by atoms with Gasteiger partial charge in [-0.05, 0) is 70.2 Å². The number of likely N-dealkylation sites (N-methyl/N-ethyl adjacent to an activating group) is 1. The lowest BCUT2D eigenvalue weighted by Crippen LogP contribution is -2.58. The fourth-order valence-corrected chi connectivity index (χ4v) is 5.78. The highest BCUT2D eigenvalue weighted by atomic mass is 35.5. The summed E-state index contributed by atoms with van der Waals surface area (Å²) in [5.74, 6) is 0.328. The van der Waals surface area contributed by atoms with E-state index in [1.807, 2.05) is 11.9 Å². The standard InChI is InChI=1S/C22H30Cl2N2O3/c1-25(20(27)15-28-21-16(23)6-4-7-17(21)24)18-8-10-22(9-5-13-29-22)14-19(18)26-11-2-3-12-26/h4,6-7,18-19H,2-3,5,8-15H2,1H3/t18-,19-,22-/m0/s1. The zero-order valence-electron chi connectivity index (χ0n) is 17.0. The topological polar surface area (TPSA) is 42.0 Å². The number of amides is 1. The second kappa shape index (κ2) is 9.01. The Morgan fingerprint density at radius 2 is 1.97 bits per heavy atom. The van der Waals surface area contributed by atoms with Crippen LogP contribution in [-0.4, -0.2) is 66.7 Å². The quantitative estimate of drug-likeness (QED) is 0.680. The molecule has 1 saturated carbocycles. The van der Waals surface area contributed by atoms with Crippen LogP contribution in [-0.2, 0) is 9.53 Å². The van der Waals surface area contributed by atoms with Gasteiger partial charge >= 0.3 is 0 Å². The van der Waals surface area contributed by atoms with Crippen LogP contribution in [0.1, 0.15) is 44.9 Å². The van der Waals surface area contributed by atoms with Crippen LogP contribution in [0, 0.1) is 0 Å². The highest BCUT2D eigenvalue weighted by Crippen LogP contribution is 2.43. The van der Waals surface area contributed by atoms with Gasteiger partial charge in [0, 0.05) is 25.7 Å². The highest BCUT2D eigenvalue weighted by Gasteiger charge is 2.47. The smallest absolute Gasteiger partial charge is 0.260 e. The predicted octanol–water partition coefficient (Wildman–Crippen LogP) is 4.40. The van der Waals surface area contributed by atoms with E-state index in [4.69, 9.17) is 32.7 Å². The van der Waals surface area contributed by atoms with Gasteiger partial charge in [-0.25, -0.2) is 0 Å². The monoisotopic (exact) mass is 440 g/mol. The fourth-order valence-electron chi connectivity index (χ4n) is 5.27. The molecule has 3 atom stereocenters. The SMILES string of the molecule is CN(C(=O)COc1c(Cl)cccc1Cl)[C@H]1CC[C@@]2(CCCO2)C[C@@H]1N1CCCC1. The molecule has 0 aromatic heterocycles. The number of carbonyl (C=O) groups is 1. The molecule has 3 aliphatic rings. The molecule has 2 saturated heterocycles. The Morgan fingerprint density at radius 1 is 1.24 bits per heavy atom. The van der Waals surface area contributed by atoms with Gasteiger partial charge in [-0.2, -0.15) is 0 Å². The Hall–Kier alpha value is -1.01. The van der Waals surface area contributed by atoms with Crippen molar-refractivity contribution in [1.29, 1.82) is 0 Å². The van der Waals surface area contributed by atoms with Gasteiger partial charge in [0.2, 0.25) is 0 Å². The summed E-state index contributed by atoms with van der Waals surface area (Å²) in [6.07, 6.45) is 7.79. The number of halogens is 2. The Bertz CT molecular complexity index is 713. The molecule has 1 spiro atoms. The summed E-state index contributed by atoms with van der Waals surface area (Å²) in [6.45, 7) is 3.04. The molecule has 4 rings (SSSR count). The van der Waals surface area contributed by atoms with Crippen molar-refractivity contribution in [3.8, 4) is 5.75 Å². The van der Waals surface area contributed by atoms with Crippen LogP contribution in [0.25, 0.3) is 0 Å². The summed E-state index contributed by atoms with van der Waals surface area (Å²) >= 11 is 12.3. The molecule has 3 fully saturated rings. The van der Waals surface area contributed by atoms with E-state index in [0.717, 1.165) is 51.8 Å². The number of nitrogens with zero attached hydrogens (tertiary/aromatic N) is 2. The number of para-hydroxylation sites is 1. The molecule has 1 aliphatic carbocycles. The Morgan fingerprint density at radius 3 is 2.62 bits per heavy atom. The summed E-state index contributed by atoms with van der Waals surface area (Å²) in [5.41, 5.74) is 0.0230. The normalized spacial score (nSPS) is 30.0. The molecule has 5 nitrogen and oxygen atoms in total. The van der Waals surface area contributed by atoms with E-state index in [9.17, 15) is 4.79 Å². The molecule has 1 aromatic carbocycles. The van der Waals surface area contributed by atoms with Gasteiger partial charge in [-0.1, -0.05) is 29.3 Å². The van der Waals surface area contributed by atoms with Crippen LogP contribution in [0.4, 0.5) is 0 Å². The molecular weight excluding hydrogens is 411 g/mol. The number of hydrogen-bond acceptors (Lipinski definition) is 4. The molecule has 7 heteroatoms. The summed E-state index contributed by atoms with van der Waals surface area (Å²) < 4.78 is 11.9. The second-order valence-electron chi connectivity index (χ2n) is 8.60. The van der Waals surface area contributed by atoms with Crippen molar-refractivity contribution in [3.05, 3.63) is 28.2 Å². The Kier molecular flexibility index (Phi) is 6.59. The van der Waals surface area contributed by atoms with E-state index >= 15 is 0 Å². The first-order valence-electron chi connectivity index (χ1n) is 10.7. The van der Waals surface area contributed by atoms with Crippen molar-refractivity contribution < 1.29 is 14.3 Å². The van der Waals surface area contributed by atoms with Gasteiger partial charge < -0.3 is 14.4 Å². The van der Waals surface area contributed by atoms with Crippen molar-refractivity contribution in [3.63, 3.8) is 0 Å². The van der Waals surface area contributed by atoms with Crippen LogP contribution >= 0.6 is 23.2 Å². The van der Waals surface area contributed by atoms with Crippen molar-refractivity contribution in [2.75, 3.05) is 33.4 Å². The third-order valence-electron chi connectivity index (χ3n) is 6.87. The van der Waals surface area contributed by atoms with Crippen LogP contribution in [0.3, 0.4) is 0 Å².